The summed E-state index contributed by atoms with van der Waals surface area (Å²) in [6.07, 6.45) is 1.34. The van der Waals surface area contributed by atoms with Crippen LogP contribution in [0.2, 0.25) is 0 Å². The number of carboxylic acid groups (broad SMARTS) is 1. The second-order valence-corrected chi connectivity index (χ2v) is 5.51. The van der Waals surface area contributed by atoms with Crippen molar-refractivity contribution in [2.24, 2.45) is 5.41 Å². The van der Waals surface area contributed by atoms with Crippen molar-refractivity contribution in [3.05, 3.63) is 35.4 Å². The first-order chi connectivity index (χ1) is 7.97. The predicted octanol–water partition coefficient (Wildman–Crippen LogP) is 2.20. The fourth-order valence-electron chi connectivity index (χ4n) is 2.01. The van der Waals surface area contributed by atoms with Gasteiger partial charge in [0.05, 0.1) is 6.42 Å². The first-order valence-electron chi connectivity index (χ1n) is 6.00. The minimum atomic E-state index is -0.782. The number of carboxylic acids is 1. The highest BCUT2D eigenvalue weighted by Gasteiger charge is 2.44. The summed E-state index contributed by atoms with van der Waals surface area (Å²) in [5.41, 5.74) is 2.51. The van der Waals surface area contributed by atoms with Crippen molar-refractivity contribution < 1.29 is 9.90 Å². The van der Waals surface area contributed by atoms with Crippen LogP contribution >= 0.6 is 0 Å². The lowest BCUT2D eigenvalue weighted by Gasteiger charge is -2.07. The molecule has 1 atom stereocenters. The standard InChI is InChI=1S/C14H19NO2/c1-14(2)8-12(14)15-9-11-5-3-10(4-6-11)7-13(16)17/h3-6,12,15H,7-9H2,1-2H3,(H,16,17). The van der Waals surface area contributed by atoms with Gasteiger partial charge in [0.1, 0.15) is 0 Å². The van der Waals surface area contributed by atoms with Gasteiger partial charge in [0.25, 0.3) is 0 Å². The topological polar surface area (TPSA) is 49.3 Å². The van der Waals surface area contributed by atoms with Gasteiger partial charge in [-0.25, -0.2) is 0 Å². The molecule has 1 aromatic carbocycles. The SMILES string of the molecule is CC1(C)CC1NCc1ccc(CC(=O)O)cc1. The van der Waals surface area contributed by atoms with Gasteiger partial charge in [0.15, 0.2) is 0 Å². The molecule has 1 aromatic rings. The van der Waals surface area contributed by atoms with Crippen LogP contribution in [0, 0.1) is 5.41 Å². The smallest absolute Gasteiger partial charge is 0.307 e. The molecule has 1 unspecified atom stereocenters. The van der Waals surface area contributed by atoms with E-state index in [-0.39, 0.29) is 6.42 Å². The van der Waals surface area contributed by atoms with Gasteiger partial charge in [-0.15, -0.1) is 0 Å². The molecular formula is C14H19NO2. The van der Waals surface area contributed by atoms with Crippen LogP contribution in [-0.2, 0) is 17.8 Å². The van der Waals surface area contributed by atoms with Crippen LogP contribution in [0.5, 0.6) is 0 Å². The summed E-state index contributed by atoms with van der Waals surface area (Å²) < 4.78 is 0. The second-order valence-electron chi connectivity index (χ2n) is 5.51. The molecule has 3 heteroatoms. The maximum atomic E-state index is 10.5. The lowest BCUT2D eigenvalue weighted by atomic mass is 10.1. The van der Waals surface area contributed by atoms with Crippen LogP contribution in [-0.4, -0.2) is 17.1 Å². The van der Waals surface area contributed by atoms with Crippen LogP contribution in [0.4, 0.5) is 0 Å². The zero-order valence-corrected chi connectivity index (χ0v) is 10.4. The molecule has 0 spiro atoms. The second kappa shape index (κ2) is 4.49. The molecule has 0 radical (unpaired) electrons. The molecule has 17 heavy (non-hydrogen) atoms. The third-order valence-electron chi connectivity index (χ3n) is 3.44. The summed E-state index contributed by atoms with van der Waals surface area (Å²) in [6.45, 7) is 5.39. The van der Waals surface area contributed by atoms with Gasteiger partial charge in [-0.1, -0.05) is 38.1 Å². The fourth-order valence-corrected chi connectivity index (χ4v) is 2.01. The fraction of sp³-hybridized carbons (Fsp3) is 0.500. The van der Waals surface area contributed by atoms with Gasteiger partial charge >= 0.3 is 5.97 Å². The quantitative estimate of drug-likeness (QED) is 0.819. The normalized spacial score (nSPS) is 21.2. The molecule has 0 bridgehead atoms. The molecule has 3 nitrogen and oxygen atoms in total. The molecule has 1 saturated carbocycles. The number of rotatable bonds is 5. The molecule has 1 aliphatic carbocycles. The maximum Gasteiger partial charge on any atom is 0.307 e. The lowest BCUT2D eigenvalue weighted by Crippen LogP contribution is -2.19. The van der Waals surface area contributed by atoms with Crippen molar-refractivity contribution in [2.75, 3.05) is 0 Å². The minimum Gasteiger partial charge on any atom is -0.481 e. The molecule has 2 N–H and O–H groups in total. The minimum absolute atomic E-state index is 0.101. The van der Waals surface area contributed by atoms with E-state index in [1.807, 2.05) is 24.3 Å². The van der Waals surface area contributed by atoms with Gasteiger partial charge in [-0.3, -0.25) is 4.79 Å². The van der Waals surface area contributed by atoms with Gasteiger partial charge < -0.3 is 10.4 Å². The number of nitrogens with one attached hydrogen (secondary N) is 1. The van der Waals surface area contributed by atoms with E-state index in [9.17, 15) is 4.79 Å². The van der Waals surface area contributed by atoms with E-state index in [1.165, 1.54) is 12.0 Å². The number of carbonyl (C=O) groups is 1. The summed E-state index contributed by atoms with van der Waals surface area (Å²) in [5.74, 6) is -0.782. The van der Waals surface area contributed by atoms with E-state index in [0.29, 0.717) is 11.5 Å². The predicted molar refractivity (Wildman–Crippen MR) is 66.8 cm³/mol. The van der Waals surface area contributed by atoms with Crippen LogP contribution in [0.15, 0.2) is 24.3 Å². The average Bonchev–Trinajstić information content (AvgIpc) is 2.85. The molecule has 1 fully saturated rings. The average molecular weight is 233 g/mol. The van der Waals surface area contributed by atoms with Crippen LogP contribution in [0.3, 0.4) is 0 Å². The van der Waals surface area contributed by atoms with E-state index < -0.39 is 5.97 Å². The Bertz CT molecular complexity index is 409. The Morgan fingerprint density at radius 3 is 2.35 bits per heavy atom. The van der Waals surface area contributed by atoms with Gasteiger partial charge in [-0.05, 0) is 23.0 Å². The van der Waals surface area contributed by atoms with Crippen molar-refractivity contribution >= 4 is 5.97 Å². The van der Waals surface area contributed by atoms with Crippen molar-refractivity contribution in [1.82, 2.24) is 5.32 Å². The van der Waals surface area contributed by atoms with Crippen LogP contribution < -0.4 is 5.32 Å². The van der Waals surface area contributed by atoms with Crippen molar-refractivity contribution in [2.45, 2.75) is 39.3 Å². The van der Waals surface area contributed by atoms with Crippen molar-refractivity contribution in [1.29, 1.82) is 0 Å². The van der Waals surface area contributed by atoms with E-state index in [2.05, 4.69) is 19.2 Å². The van der Waals surface area contributed by atoms with Crippen LogP contribution in [0.1, 0.15) is 31.4 Å². The van der Waals surface area contributed by atoms with E-state index in [1.54, 1.807) is 0 Å². The van der Waals surface area contributed by atoms with Gasteiger partial charge in [0.2, 0.25) is 0 Å². The Hall–Kier alpha value is -1.35. The van der Waals surface area contributed by atoms with Crippen LogP contribution in [0.25, 0.3) is 0 Å². The summed E-state index contributed by atoms with van der Waals surface area (Å²) in [7, 11) is 0. The molecular weight excluding hydrogens is 214 g/mol. The van der Waals surface area contributed by atoms with Gasteiger partial charge in [-0.2, -0.15) is 0 Å². The maximum absolute atomic E-state index is 10.5. The van der Waals surface area contributed by atoms with Gasteiger partial charge in [0, 0.05) is 12.6 Å². The summed E-state index contributed by atoms with van der Waals surface area (Å²) in [5, 5.41) is 12.2. The van der Waals surface area contributed by atoms with E-state index in [4.69, 9.17) is 5.11 Å². The molecule has 2 rings (SSSR count). The lowest BCUT2D eigenvalue weighted by molar-refractivity contribution is -0.136. The Balaban J connectivity index is 1.84. The molecule has 1 aliphatic rings. The Morgan fingerprint density at radius 1 is 1.35 bits per heavy atom. The van der Waals surface area contributed by atoms with E-state index in [0.717, 1.165) is 12.1 Å². The largest absolute Gasteiger partial charge is 0.481 e. The number of hydrogen-bond donors (Lipinski definition) is 2. The highest BCUT2D eigenvalue weighted by molar-refractivity contribution is 5.70. The zero-order valence-electron chi connectivity index (χ0n) is 10.4. The number of benzene rings is 1. The molecule has 0 aromatic heterocycles. The molecule has 0 heterocycles. The van der Waals surface area contributed by atoms with E-state index >= 15 is 0 Å². The summed E-state index contributed by atoms with van der Waals surface area (Å²) >= 11 is 0. The molecule has 0 saturated heterocycles. The third kappa shape index (κ3) is 3.30. The highest BCUT2D eigenvalue weighted by atomic mass is 16.4. The molecule has 0 aliphatic heterocycles. The summed E-state index contributed by atoms with van der Waals surface area (Å²) in [4.78, 5) is 10.5. The Kier molecular flexibility index (Phi) is 3.20. The monoisotopic (exact) mass is 233 g/mol. The first kappa shape index (κ1) is 12.1. The highest BCUT2D eigenvalue weighted by Crippen LogP contribution is 2.44. The third-order valence-corrected chi connectivity index (χ3v) is 3.44. The first-order valence-corrected chi connectivity index (χ1v) is 6.00. The molecule has 92 valence electrons. The van der Waals surface area contributed by atoms with Crippen molar-refractivity contribution in [3.63, 3.8) is 0 Å². The Morgan fingerprint density at radius 2 is 1.88 bits per heavy atom. The summed E-state index contributed by atoms with van der Waals surface area (Å²) in [6, 6.07) is 8.41. The zero-order chi connectivity index (χ0) is 12.5. The number of aliphatic carboxylic acids is 1. The Labute approximate surface area is 102 Å². The molecule has 0 amide bonds. The van der Waals surface area contributed by atoms with Crippen molar-refractivity contribution in [3.8, 4) is 0 Å². The number of hydrogen-bond acceptors (Lipinski definition) is 2.